The van der Waals surface area contributed by atoms with Crippen molar-refractivity contribution in [3.8, 4) is 28.6 Å². The number of carbonyl (C=O) groups excluding carboxylic acids is 1. The van der Waals surface area contributed by atoms with Gasteiger partial charge in [0.1, 0.15) is 24.8 Å². The highest BCUT2D eigenvalue weighted by molar-refractivity contribution is 6.04. The van der Waals surface area contributed by atoms with Crippen LogP contribution in [-0.2, 0) is 0 Å². The summed E-state index contributed by atoms with van der Waals surface area (Å²) in [6, 6.07) is 18.4. The molecule has 0 radical (unpaired) electrons. The summed E-state index contributed by atoms with van der Waals surface area (Å²) in [5.74, 6) is 2.66. The molecule has 0 saturated carbocycles. The topological polar surface area (TPSA) is 85.5 Å². The summed E-state index contributed by atoms with van der Waals surface area (Å²) in [4.78, 5) is 20.7. The summed E-state index contributed by atoms with van der Waals surface area (Å²) in [7, 11) is 0. The molecule has 0 atom stereocenters. The van der Waals surface area contributed by atoms with Gasteiger partial charge in [0.15, 0.2) is 11.5 Å². The number of fused-ring (bicyclic) bond motifs is 2. The molecule has 2 N–H and O–H groups in total. The van der Waals surface area contributed by atoms with Crippen molar-refractivity contribution < 1.29 is 19.0 Å². The van der Waals surface area contributed by atoms with Crippen LogP contribution < -0.4 is 19.5 Å². The number of amides is 1. The van der Waals surface area contributed by atoms with Gasteiger partial charge in [-0.15, -0.1) is 0 Å². The lowest BCUT2D eigenvalue weighted by Crippen LogP contribution is -2.15. The van der Waals surface area contributed by atoms with E-state index in [4.69, 9.17) is 14.2 Å². The molecule has 1 amide bonds. The maximum Gasteiger partial charge on any atom is 0.255 e. The fourth-order valence-electron chi connectivity index (χ4n) is 3.59. The van der Waals surface area contributed by atoms with E-state index in [9.17, 15) is 4.79 Å². The molecular formula is C25H23N3O4. The van der Waals surface area contributed by atoms with Gasteiger partial charge in [-0.1, -0.05) is 12.1 Å². The molecule has 5 rings (SSSR count). The average Bonchev–Trinajstić information content (AvgIpc) is 3.20. The molecule has 0 spiro atoms. The van der Waals surface area contributed by atoms with E-state index in [0.29, 0.717) is 41.8 Å². The Morgan fingerprint density at radius 2 is 1.78 bits per heavy atom. The lowest BCUT2D eigenvalue weighted by Gasteiger charge is -2.17. The zero-order valence-corrected chi connectivity index (χ0v) is 17.8. The minimum absolute atomic E-state index is 0.0844. The van der Waals surface area contributed by atoms with Crippen LogP contribution in [0.3, 0.4) is 0 Å². The van der Waals surface area contributed by atoms with Crippen LogP contribution in [0, 0.1) is 0 Å². The van der Waals surface area contributed by atoms with Crippen LogP contribution in [-0.4, -0.2) is 35.2 Å². The van der Waals surface area contributed by atoms with E-state index in [-0.39, 0.29) is 12.0 Å². The maximum absolute atomic E-state index is 12.7. The standard InChI is InChI=1S/C25H23N3O4/c1-15(2)32-19-8-6-16(7-9-19)25(29)26-18-5-3-4-17(12-18)24-27-20-13-22-23(14-21(20)28-24)31-11-10-30-22/h3-9,12-15H,10-11H2,1-2H3,(H,26,29)(H,27,28). The molecule has 32 heavy (non-hydrogen) atoms. The molecule has 2 heterocycles. The predicted octanol–water partition coefficient (Wildman–Crippen LogP) is 5.04. The second kappa shape index (κ2) is 8.26. The van der Waals surface area contributed by atoms with E-state index in [1.54, 1.807) is 24.3 Å². The zero-order chi connectivity index (χ0) is 22.1. The van der Waals surface area contributed by atoms with Crippen LogP contribution in [0.2, 0.25) is 0 Å². The average molecular weight is 429 g/mol. The molecule has 1 aromatic heterocycles. The van der Waals surface area contributed by atoms with Gasteiger partial charge >= 0.3 is 0 Å². The van der Waals surface area contributed by atoms with Crippen LogP contribution in [0.1, 0.15) is 24.2 Å². The third kappa shape index (κ3) is 4.09. The van der Waals surface area contributed by atoms with Crippen molar-refractivity contribution in [2.45, 2.75) is 20.0 Å². The Labute approximate surface area is 185 Å². The number of ether oxygens (including phenoxy) is 3. The molecule has 7 nitrogen and oxygen atoms in total. The third-order valence-electron chi connectivity index (χ3n) is 5.03. The third-order valence-corrected chi connectivity index (χ3v) is 5.03. The van der Waals surface area contributed by atoms with Gasteiger partial charge < -0.3 is 24.5 Å². The Hall–Kier alpha value is -4.00. The normalized spacial score (nSPS) is 12.7. The molecule has 3 aromatic carbocycles. The predicted molar refractivity (Wildman–Crippen MR) is 123 cm³/mol. The summed E-state index contributed by atoms with van der Waals surface area (Å²) in [5.41, 5.74) is 3.76. The molecule has 1 aliphatic heterocycles. The smallest absolute Gasteiger partial charge is 0.255 e. The number of aromatic amines is 1. The number of carbonyl (C=O) groups is 1. The fraction of sp³-hybridized carbons (Fsp3) is 0.200. The van der Waals surface area contributed by atoms with E-state index in [1.807, 2.05) is 50.2 Å². The molecule has 0 aliphatic carbocycles. The highest BCUT2D eigenvalue weighted by Crippen LogP contribution is 2.35. The second-order valence-corrected chi connectivity index (χ2v) is 7.82. The van der Waals surface area contributed by atoms with Gasteiger partial charge in [-0.05, 0) is 50.2 Å². The summed E-state index contributed by atoms with van der Waals surface area (Å²) in [6.45, 7) is 5.00. The van der Waals surface area contributed by atoms with Crippen LogP contribution in [0.15, 0.2) is 60.7 Å². The minimum Gasteiger partial charge on any atom is -0.491 e. The van der Waals surface area contributed by atoms with Crippen molar-refractivity contribution in [1.82, 2.24) is 9.97 Å². The Bertz CT molecular complexity index is 1240. The molecule has 162 valence electrons. The van der Waals surface area contributed by atoms with Crippen molar-refractivity contribution in [2.24, 2.45) is 0 Å². The first-order valence-electron chi connectivity index (χ1n) is 10.5. The van der Waals surface area contributed by atoms with Gasteiger partial charge in [0, 0.05) is 28.9 Å². The van der Waals surface area contributed by atoms with Crippen LogP contribution in [0.5, 0.6) is 17.2 Å². The number of hydrogen-bond acceptors (Lipinski definition) is 5. The monoisotopic (exact) mass is 429 g/mol. The van der Waals surface area contributed by atoms with Gasteiger partial charge in [-0.2, -0.15) is 0 Å². The number of nitrogens with one attached hydrogen (secondary N) is 2. The van der Waals surface area contributed by atoms with Crippen LogP contribution >= 0.6 is 0 Å². The molecule has 4 aromatic rings. The number of aromatic nitrogens is 2. The lowest BCUT2D eigenvalue weighted by atomic mass is 10.1. The van der Waals surface area contributed by atoms with Crippen molar-refractivity contribution in [2.75, 3.05) is 18.5 Å². The van der Waals surface area contributed by atoms with Crippen molar-refractivity contribution in [1.29, 1.82) is 0 Å². The number of benzene rings is 3. The number of imidazole rings is 1. The van der Waals surface area contributed by atoms with E-state index in [0.717, 1.165) is 22.3 Å². The van der Waals surface area contributed by atoms with E-state index >= 15 is 0 Å². The first kappa shape index (κ1) is 19.9. The first-order chi connectivity index (χ1) is 15.5. The fourth-order valence-corrected chi connectivity index (χ4v) is 3.59. The molecule has 7 heteroatoms. The number of hydrogen-bond donors (Lipinski definition) is 2. The zero-order valence-electron chi connectivity index (χ0n) is 17.8. The van der Waals surface area contributed by atoms with Crippen molar-refractivity contribution >= 4 is 22.6 Å². The van der Waals surface area contributed by atoms with Gasteiger partial charge in [0.25, 0.3) is 5.91 Å². The highest BCUT2D eigenvalue weighted by Gasteiger charge is 2.16. The van der Waals surface area contributed by atoms with Gasteiger partial charge in [0.2, 0.25) is 0 Å². The van der Waals surface area contributed by atoms with E-state index < -0.39 is 0 Å². The summed E-state index contributed by atoms with van der Waals surface area (Å²) < 4.78 is 16.9. The molecule has 0 bridgehead atoms. The summed E-state index contributed by atoms with van der Waals surface area (Å²) >= 11 is 0. The minimum atomic E-state index is -0.190. The second-order valence-electron chi connectivity index (χ2n) is 7.82. The largest absolute Gasteiger partial charge is 0.491 e. The Kier molecular flexibility index (Phi) is 5.15. The quantitative estimate of drug-likeness (QED) is 0.464. The molecule has 0 fully saturated rings. The lowest BCUT2D eigenvalue weighted by molar-refractivity contribution is 0.102. The van der Waals surface area contributed by atoms with E-state index in [2.05, 4.69) is 15.3 Å². The maximum atomic E-state index is 12.7. The van der Waals surface area contributed by atoms with Crippen LogP contribution in [0.4, 0.5) is 5.69 Å². The molecule has 0 unspecified atom stereocenters. The van der Waals surface area contributed by atoms with Crippen LogP contribution in [0.25, 0.3) is 22.4 Å². The molecular weight excluding hydrogens is 406 g/mol. The summed E-state index contributed by atoms with van der Waals surface area (Å²) in [6.07, 6.45) is 0.0844. The van der Waals surface area contributed by atoms with Crippen molar-refractivity contribution in [3.63, 3.8) is 0 Å². The van der Waals surface area contributed by atoms with Gasteiger partial charge in [-0.25, -0.2) is 4.98 Å². The van der Waals surface area contributed by atoms with Crippen molar-refractivity contribution in [3.05, 3.63) is 66.2 Å². The summed E-state index contributed by atoms with van der Waals surface area (Å²) in [5, 5.41) is 2.95. The van der Waals surface area contributed by atoms with Gasteiger partial charge in [-0.3, -0.25) is 4.79 Å². The number of H-pyrrole nitrogens is 1. The first-order valence-corrected chi connectivity index (χ1v) is 10.5. The Morgan fingerprint density at radius 1 is 1.03 bits per heavy atom. The number of nitrogens with zero attached hydrogens (tertiary/aromatic N) is 1. The highest BCUT2D eigenvalue weighted by atomic mass is 16.6. The SMILES string of the molecule is CC(C)Oc1ccc(C(=O)Nc2cccc(-c3nc4cc5c(cc4[nH]3)OCCO5)c2)cc1. The van der Waals surface area contributed by atoms with E-state index in [1.165, 1.54) is 0 Å². The Balaban J connectivity index is 1.36. The van der Waals surface area contributed by atoms with Gasteiger partial charge in [0.05, 0.1) is 17.1 Å². The molecule has 1 aliphatic rings. The molecule has 0 saturated heterocycles. The number of anilines is 1. The Morgan fingerprint density at radius 3 is 2.53 bits per heavy atom. The number of rotatable bonds is 5.